The van der Waals surface area contributed by atoms with E-state index < -0.39 is 11.9 Å². The minimum absolute atomic E-state index is 0.178. The van der Waals surface area contributed by atoms with Crippen LogP contribution in [0, 0.1) is 0 Å². The molecule has 1 heterocycles. The van der Waals surface area contributed by atoms with Gasteiger partial charge in [0, 0.05) is 0 Å². The van der Waals surface area contributed by atoms with E-state index in [1.807, 2.05) is 6.07 Å². The second-order valence-corrected chi connectivity index (χ2v) is 5.06. The van der Waals surface area contributed by atoms with Gasteiger partial charge in [-0.25, -0.2) is 4.98 Å². The summed E-state index contributed by atoms with van der Waals surface area (Å²) in [5, 5.41) is 8.61. The van der Waals surface area contributed by atoms with Gasteiger partial charge in [-0.15, -0.1) is 0 Å². The Morgan fingerprint density at radius 3 is 2.50 bits per heavy atom. The molecule has 0 saturated carbocycles. The van der Waals surface area contributed by atoms with E-state index >= 15 is 0 Å². The first-order chi connectivity index (χ1) is 10.6. The molecule has 1 N–H and O–H groups in total. The van der Waals surface area contributed by atoms with Crippen LogP contribution >= 0.6 is 12.0 Å². The normalized spacial score (nSPS) is 9.91. The van der Waals surface area contributed by atoms with Gasteiger partial charge in [-0.2, -0.15) is 0 Å². The van der Waals surface area contributed by atoms with E-state index in [9.17, 15) is 9.59 Å². The largest absolute Gasteiger partial charge is 0.481 e. The second-order valence-electron chi connectivity index (χ2n) is 4.38. The third-order valence-electron chi connectivity index (χ3n) is 2.52. The van der Waals surface area contributed by atoms with E-state index in [0.29, 0.717) is 23.1 Å². The number of benzene rings is 1. The highest BCUT2D eigenvalue weighted by atomic mass is 32.2. The zero-order chi connectivity index (χ0) is 16.4. The van der Waals surface area contributed by atoms with E-state index in [1.54, 1.807) is 18.2 Å². The van der Waals surface area contributed by atoms with Crippen molar-refractivity contribution in [3.8, 4) is 0 Å². The molecule has 0 unspecified atom stereocenters. The Hall–Kier alpha value is -2.02. The summed E-state index contributed by atoms with van der Waals surface area (Å²) in [6.07, 6.45) is 2.20. The number of hydrogen-bond acceptors (Lipinski definition) is 6. The predicted octanol–water partition coefficient (Wildman–Crippen LogP) is 4.05. The maximum Gasteiger partial charge on any atom is 0.318 e. The van der Waals surface area contributed by atoms with Crippen LogP contribution in [-0.4, -0.2) is 22.0 Å². The molecule has 2 rings (SSSR count). The Labute approximate surface area is 133 Å². The molecule has 1 aromatic carbocycles. The number of carbonyl (C=O) groups excluding carboxylic acids is 1. The smallest absolute Gasteiger partial charge is 0.318 e. The Balaban J connectivity index is 0.000000541. The summed E-state index contributed by atoms with van der Waals surface area (Å²) in [6.45, 7) is 4.36. The number of carbonyl (C=O) groups is 2. The van der Waals surface area contributed by atoms with E-state index in [2.05, 4.69) is 18.8 Å². The predicted molar refractivity (Wildman–Crippen MR) is 83.4 cm³/mol. The van der Waals surface area contributed by atoms with Gasteiger partial charge in [0.25, 0.3) is 5.22 Å². The molecular weight excluding hydrogens is 306 g/mol. The van der Waals surface area contributed by atoms with Crippen molar-refractivity contribution in [2.24, 2.45) is 0 Å². The van der Waals surface area contributed by atoms with E-state index in [1.165, 1.54) is 12.8 Å². The summed E-state index contributed by atoms with van der Waals surface area (Å²) in [4.78, 5) is 25.5. The molecule has 7 heteroatoms. The maximum absolute atomic E-state index is 11.2. The molecule has 6 nitrogen and oxygen atoms in total. The molecule has 1 aromatic heterocycles. The van der Waals surface area contributed by atoms with Gasteiger partial charge in [-0.3, -0.25) is 9.59 Å². The molecule has 0 aliphatic carbocycles. The number of unbranched alkanes of at least 4 members (excludes halogenated alkanes) is 1. The van der Waals surface area contributed by atoms with Crippen molar-refractivity contribution in [3.63, 3.8) is 0 Å². The molecular formula is C15H19NO5S. The highest BCUT2D eigenvalue weighted by Crippen LogP contribution is 2.24. The monoisotopic (exact) mass is 325 g/mol. The molecule has 0 amide bonds. The van der Waals surface area contributed by atoms with Crippen LogP contribution in [0.15, 0.2) is 33.9 Å². The summed E-state index contributed by atoms with van der Waals surface area (Å²) in [6, 6.07) is 7.15. The lowest BCUT2D eigenvalue weighted by Crippen LogP contribution is -2.03. The zero-order valence-electron chi connectivity index (χ0n) is 12.6. The Morgan fingerprint density at radius 2 is 1.91 bits per heavy atom. The van der Waals surface area contributed by atoms with E-state index in [4.69, 9.17) is 13.7 Å². The quantitative estimate of drug-likeness (QED) is 0.801. The molecule has 22 heavy (non-hydrogen) atoms. The number of nitrogens with zero attached hydrogens (tertiary/aromatic N) is 1. The van der Waals surface area contributed by atoms with Crippen molar-refractivity contribution in [1.29, 1.82) is 0 Å². The number of aliphatic carboxylic acids is 1. The van der Waals surface area contributed by atoms with Gasteiger partial charge in [-0.05, 0) is 12.1 Å². The summed E-state index contributed by atoms with van der Waals surface area (Å²) in [5.41, 5.74) is 1.27. The molecule has 0 spiro atoms. The standard InChI is InChI=1S/C11H9NO5S.C4H10/c13-9(14)5-6-10(15)17-18-11-12-7-3-1-2-4-8(7)16-11;1-3-4-2/h1-4H,5-6H2,(H,13,14);3-4H2,1-2H3. The van der Waals surface area contributed by atoms with Crippen LogP contribution < -0.4 is 0 Å². The molecule has 0 atom stereocenters. The van der Waals surface area contributed by atoms with Crippen molar-refractivity contribution in [2.75, 3.05) is 0 Å². The van der Waals surface area contributed by atoms with Crippen molar-refractivity contribution in [1.82, 2.24) is 4.98 Å². The third kappa shape index (κ3) is 6.62. The molecule has 0 saturated heterocycles. The fourth-order valence-corrected chi connectivity index (χ4v) is 1.73. The molecule has 0 aliphatic rings. The number of para-hydroxylation sites is 2. The first-order valence-corrected chi connectivity index (χ1v) is 7.75. The van der Waals surface area contributed by atoms with Gasteiger partial charge in [0.05, 0.1) is 12.8 Å². The number of fused-ring (bicyclic) bond motifs is 1. The van der Waals surface area contributed by atoms with Crippen LogP contribution in [0.4, 0.5) is 0 Å². The molecule has 2 aromatic rings. The van der Waals surface area contributed by atoms with Crippen LogP contribution in [0.25, 0.3) is 11.1 Å². The average molecular weight is 325 g/mol. The highest BCUT2D eigenvalue weighted by Gasteiger charge is 2.11. The lowest BCUT2D eigenvalue weighted by molar-refractivity contribution is -0.141. The summed E-state index contributed by atoms with van der Waals surface area (Å²) < 4.78 is 10.1. The fraction of sp³-hybridized carbons (Fsp3) is 0.400. The van der Waals surface area contributed by atoms with Crippen LogP contribution in [0.1, 0.15) is 39.5 Å². The number of hydrogen-bond donors (Lipinski definition) is 1. The van der Waals surface area contributed by atoms with Gasteiger partial charge >= 0.3 is 11.9 Å². The number of carboxylic acid groups (broad SMARTS) is 1. The van der Waals surface area contributed by atoms with Crippen LogP contribution in [0.5, 0.6) is 0 Å². The average Bonchev–Trinajstić information content (AvgIpc) is 2.94. The van der Waals surface area contributed by atoms with Crippen molar-refractivity contribution >= 4 is 35.1 Å². The highest BCUT2D eigenvalue weighted by molar-refractivity contribution is 7.94. The Bertz CT molecular complexity index is 576. The fourth-order valence-electron chi connectivity index (χ4n) is 1.22. The third-order valence-corrected chi connectivity index (χ3v) is 3.11. The SMILES string of the molecule is CCCC.O=C(O)CCC(=O)OSc1nc2ccccc2o1. The first kappa shape index (κ1) is 18.0. The minimum atomic E-state index is -1.04. The minimum Gasteiger partial charge on any atom is -0.481 e. The van der Waals surface area contributed by atoms with E-state index in [-0.39, 0.29) is 18.1 Å². The van der Waals surface area contributed by atoms with E-state index in [0.717, 1.165) is 0 Å². The number of rotatable bonds is 6. The zero-order valence-corrected chi connectivity index (χ0v) is 13.4. The van der Waals surface area contributed by atoms with Gasteiger partial charge in [0.2, 0.25) is 0 Å². The topological polar surface area (TPSA) is 89.6 Å². The number of oxazole rings is 1. The summed E-state index contributed by atoms with van der Waals surface area (Å²) in [5.74, 6) is -1.66. The molecule has 0 aliphatic heterocycles. The van der Waals surface area contributed by atoms with Crippen LogP contribution in [-0.2, 0) is 13.8 Å². The van der Waals surface area contributed by atoms with Gasteiger partial charge in [-0.1, -0.05) is 38.8 Å². The molecule has 0 bridgehead atoms. The summed E-state index contributed by atoms with van der Waals surface area (Å²) in [7, 11) is 0. The number of carboxylic acids is 1. The van der Waals surface area contributed by atoms with Crippen molar-refractivity contribution in [2.45, 2.75) is 44.8 Å². The lowest BCUT2D eigenvalue weighted by atomic mass is 10.3. The van der Waals surface area contributed by atoms with Gasteiger partial charge in [0.15, 0.2) is 17.6 Å². The van der Waals surface area contributed by atoms with Crippen molar-refractivity contribution in [3.05, 3.63) is 24.3 Å². The molecule has 120 valence electrons. The van der Waals surface area contributed by atoms with Crippen LogP contribution in [0.3, 0.4) is 0 Å². The van der Waals surface area contributed by atoms with Crippen LogP contribution in [0.2, 0.25) is 0 Å². The lowest BCUT2D eigenvalue weighted by Gasteiger charge is -1.97. The van der Waals surface area contributed by atoms with Gasteiger partial charge < -0.3 is 13.7 Å². The molecule has 0 radical (unpaired) electrons. The Kier molecular flexibility index (Phi) is 8.06. The Morgan fingerprint density at radius 1 is 1.23 bits per heavy atom. The number of aromatic nitrogens is 1. The molecule has 0 fully saturated rings. The van der Waals surface area contributed by atoms with Crippen molar-refractivity contribution < 1.29 is 23.3 Å². The summed E-state index contributed by atoms with van der Waals surface area (Å²) >= 11 is 0.686. The first-order valence-electron chi connectivity index (χ1n) is 7.01. The second kappa shape index (κ2) is 9.83. The maximum atomic E-state index is 11.2. The van der Waals surface area contributed by atoms with Gasteiger partial charge in [0.1, 0.15) is 5.52 Å².